The number of ether oxygens (including phenoxy) is 2. The van der Waals surface area contributed by atoms with Crippen molar-refractivity contribution in [2.75, 3.05) is 0 Å². The molecule has 1 aliphatic carbocycles. The van der Waals surface area contributed by atoms with E-state index in [1.165, 1.54) is 0 Å². The molecule has 0 aromatic carbocycles. The third kappa shape index (κ3) is 3.99. The third-order valence-corrected chi connectivity index (χ3v) is 4.06. The first kappa shape index (κ1) is 17.7. The van der Waals surface area contributed by atoms with Gasteiger partial charge in [-0.15, -0.1) is 0 Å². The van der Waals surface area contributed by atoms with E-state index in [4.69, 9.17) is 14.6 Å². The van der Waals surface area contributed by atoms with Gasteiger partial charge in [-0.2, -0.15) is 0 Å². The van der Waals surface area contributed by atoms with Crippen LogP contribution in [0.2, 0.25) is 0 Å². The Morgan fingerprint density at radius 1 is 1.17 bits per heavy atom. The predicted octanol–water partition coefficient (Wildman–Crippen LogP) is -0.896. The van der Waals surface area contributed by atoms with Gasteiger partial charge in [0.05, 0.1) is 6.04 Å². The van der Waals surface area contributed by atoms with Crippen molar-refractivity contribution in [3.05, 3.63) is 12.2 Å². The number of aliphatic hydroxyl groups excluding tert-OH is 3. The first-order valence-electron chi connectivity index (χ1n) is 7.38. The minimum absolute atomic E-state index is 0.261. The Kier molecular flexibility index (Phi) is 5.58. The number of amides is 1. The molecule has 6 atom stereocenters. The lowest BCUT2D eigenvalue weighted by atomic mass is 9.91. The summed E-state index contributed by atoms with van der Waals surface area (Å²) in [6.07, 6.45) is -6.41. The van der Waals surface area contributed by atoms with Crippen molar-refractivity contribution < 1.29 is 39.5 Å². The van der Waals surface area contributed by atoms with E-state index in [9.17, 15) is 24.9 Å². The summed E-state index contributed by atoms with van der Waals surface area (Å²) in [6.45, 7) is 3.87. The van der Waals surface area contributed by atoms with Gasteiger partial charge < -0.3 is 35.2 Å². The molecule has 0 unspecified atom stereocenters. The zero-order valence-electron chi connectivity index (χ0n) is 12.4. The first-order chi connectivity index (χ1) is 10.8. The molecule has 1 aliphatic heterocycles. The fourth-order valence-corrected chi connectivity index (χ4v) is 2.68. The summed E-state index contributed by atoms with van der Waals surface area (Å²) in [7, 11) is 0. The number of nitrogens with one attached hydrogen (secondary N) is 1. The lowest BCUT2D eigenvalue weighted by Gasteiger charge is -2.38. The van der Waals surface area contributed by atoms with E-state index in [1.54, 1.807) is 0 Å². The van der Waals surface area contributed by atoms with E-state index in [0.717, 1.165) is 24.8 Å². The molecule has 130 valence electrons. The highest BCUT2D eigenvalue weighted by atomic mass is 16.7. The first-order valence-corrected chi connectivity index (χ1v) is 7.38. The Hall–Kier alpha value is -1.68. The maximum absolute atomic E-state index is 11.9. The molecular formula is C14H21NO8. The van der Waals surface area contributed by atoms with E-state index in [-0.39, 0.29) is 6.04 Å². The van der Waals surface area contributed by atoms with Crippen LogP contribution < -0.4 is 5.32 Å². The molecule has 1 amide bonds. The SMILES string of the molecule is C=C1CCCC[C@@H]1NC(=O)O[C@@H]1O[C@H](C(=O)O)[C@@H](O)[C@H](O)[C@H]1O. The van der Waals surface area contributed by atoms with E-state index >= 15 is 0 Å². The lowest BCUT2D eigenvalue weighted by Crippen LogP contribution is -2.61. The monoisotopic (exact) mass is 331 g/mol. The Balaban J connectivity index is 1.96. The van der Waals surface area contributed by atoms with Gasteiger partial charge in [-0.25, -0.2) is 9.59 Å². The van der Waals surface area contributed by atoms with Gasteiger partial charge in [0.1, 0.15) is 18.3 Å². The number of aliphatic hydroxyl groups is 3. The van der Waals surface area contributed by atoms with Crippen LogP contribution in [0.1, 0.15) is 25.7 Å². The normalized spacial score (nSPS) is 38.0. The fourth-order valence-electron chi connectivity index (χ4n) is 2.68. The van der Waals surface area contributed by atoms with Crippen molar-refractivity contribution in [1.29, 1.82) is 0 Å². The lowest BCUT2D eigenvalue weighted by molar-refractivity contribution is -0.278. The molecule has 5 N–H and O–H groups in total. The van der Waals surface area contributed by atoms with Crippen LogP contribution in [0.15, 0.2) is 12.2 Å². The van der Waals surface area contributed by atoms with Crippen LogP contribution in [0.5, 0.6) is 0 Å². The number of hydrogen-bond acceptors (Lipinski definition) is 7. The van der Waals surface area contributed by atoms with Crippen molar-refractivity contribution >= 4 is 12.1 Å². The number of carbonyl (C=O) groups excluding carboxylic acids is 1. The van der Waals surface area contributed by atoms with E-state index in [2.05, 4.69) is 11.9 Å². The summed E-state index contributed by atoms with van der Waals surface area (Å²) in [6, 6.07) is -0.261. The van der Waals surface area contributed by atoms with E-state index < -0.39 is 42.8 Å². The molecule has 2 rings (SSSR count). The van der Waals surface area contributed by atoms with Crippen LogP contribution in [0.25, 0.3) is 0 Å². The standard InChI is InChI=1S/C14H21NO8/c1-6-4-2-3-5-7(6)15-14(21)23-13-10(18)8(16)9(17)11(22-13)12(19)20/h7-11,13,16-18H,1-5H2,(H,15,21)(H,19,20)/t7-,8-,9-,10+,11-,13-/m0/s1. The van der Waals surface area contributed by atoms with Crippen LogP contribution in [0, 0.1) is 0 Å². The third-order valence-electron chi connectivity index (χ3n) is 4.06. The highest BCUT2D eigenvalue weighted by Gasteiger charge is 2.48. The summed E-state index contributed by atoms with van der Waals surface area (Å²) in [4.78, 5) is 22.8. The molecule has 1 heterocycles. The molecule has 2 fully saturated rings. The van der Waals surface area contributed by atoms with Gasteiger partial charge >= 0.3 is 12.1 Å². The fraction of sp³-hybridized carbons (Fsp3) is 0.714. The number of carboxylic acids is 1. The average molecular weight is 331 g/mol. The number of aliphatic carboxylic acids is 1. The Labute approximate surface area is 132 Å². The minimum atomic E-state index is -1.83. The van der Waals surface area contributed by atoms with Gasteiger partial charge in [0.25, 0.3) is 0 Å². The molecule has 23 heavy (non-hydrogen) atoms. The van der Waals surface area contributed by atoms with Crippen LogP contribution in [0.4, 0.5) is 4.79 Å². The number of rotatable bonds is 3. The van der Waals surface area contributed by atoms with Crippen molar-refractivity contribution in [1.82, 2.24) is 5.32 Å². The average Bonchev–Trinajstić information content (AvgIpc) is 2.50. The van der Waals surface area contributed by atoms with E-state index in [0.29, 0.717) is 6.42 Å². The summed E-state index contributed by atoms with van der Waals surface area (Å²) >= 11 is 0. The summed E-state index contributed by atoms with van der Waals surface area (Å²) < 4.78 is 9.72. The number of alkyl carbamates (subject to hydrolysis) is 1. The van der Waals surface area contributed by atoms with Crippen molar-refractivity contribution in [3.63, 3.8) is 0 Å². The Morgan fingerprint density at radius 2 is 1.87 bits per heavy atom. The van der Waals surface area contributed by atoms with Gasteiger partial charge in [-0.1, -0.05) is 18.6 Å². The topological polar surface area (TPSA) is 146 Å². The zero-order chi connectivity index (χ0) is 17.1. The molecule has 9 nitrogen and oxygen atoms in total. The molecule has 1 saturated carbocycles. The van der Waals surface area contributed by atoms with Crippen LogP contribution in [-0.2, 0) is 14.3 Å². The highest BCUT2D eigenvalue weighted by molar-refractivity contribution is 5.73. The summed E-state index contributed by atoms with van der Waals surface area (Å²) in [5, 5.41) is 40.4. The maximum Gasteiger partial charge on any atom is 0.410 e. The molecule has 0 spiro atoms. The predicted molar refractivity (Wildman–Crippen MR) is 75.3 cm³/mol. The second-order valence-electron chi connectivity index (χ2n) is 5.74. The van der Waals surface area contributed by atoms with E-state index in [1.807, 2.05) is 0 Å². The van der Waals surface area contributed by atoms with Gasteiger partial charge in [0.2, 0.25) is 6.29 Å². The quantitative estimate of drug-likeness (QED) is 0.418. The van der Waals surface area contributed by atoms with Crippen LogP contribution >= 0.6 is 0 Å². The molecule has 0 bridgehead atoms. The van der Waals surface area contributed by atoms with Crippen molar-refractivity contribution in [2.24, 2.45) is 0 Å². The Bertz CT molecular complexity index is 481. The van der Waals surface area contributed by atoms with Gasteiger partial charge in [0, 0.05) is 0 Å². The minimum Gasteiger partial charge on any atom is -0.479 e. The van der Waals surface area contributed by atoms with Crippen molar-refractivity contribution in [3.8, 4) is 0 Å². The van der Waals surface area contributed by atoms with Crippen LogP contribution in [0.3, 0.4) is 0 Å². The molecule has 0 aromatic rings. The summed E-state index contributed by atoms with van der Waals surface area (Å²) in [5.74, 6) is -1.54. The molecule has 1 saturated heterocycles. The second-order valence-corrected chi connectivity index (χ2v) is 5.74. The van der Waals surface area contributed by atoms with Gasteiger partial charge in [-0.05, 0) is 19.3 Å². The van der Waals surface area contributed by atoms with Gasteiger partial charge in [0.15, 0.2) is 6.10 Å². The number of hydrogen-bond donors (Lipinski definition) is 5. The van der Waals surface area contributed by atoms with Gasteiger partial charge in [-0.3, -0.25) is 0 Å². The largest absolute Gasteiger partial charge is 0.479 e. The number of carbonyl (C=O) groups is 2. The number of carboxylic acid groups (broad SMARTS) is 1. The molecule has 2 aliphatic rings. The molecular weight excluding hydrogens is 310 g/mol. The molecule has 0 radical (unpaired) electrons. The highest BCUT2D eigenvalue weighted by Crippen LogP contribution is 2.24. The van der Waals surface area contributed by atoms with Crippen LogP contribution in [-0.4, -0.2) is 69.2 Å². The van der Waals surface area contributed by atoms with Crippen molar-refractivity contribution in [2.45, 2.75) is 62.4 Å². The Morgan fingerprint density at radius 3 is 2.48 bits per heavy atom. The zero-order valence-corrected chi connectivity index (χ0v) is 12.4. The smallest absolute Gasteiger partial charge is 0.410 e. The molecule has 9 heteroatoms. The summed E-state index contributed by atoms with van der Waals surface area (Å²) in [5.41, 5.74) is 0.859. The maximum atomic E-state index is 11.9. The molecule has 0 aromatic heterocycles. The second kappa shape index (κ2) is 7.26.